The Kier molecular flexibility index (Phi) is 9.63. The van der Waals surface area contributed by atoms with Gasteiger partial charge in [-0.1, -0.05) is 45.4 Å². The van der Waals surface area contributed by atoms with Crippen molar-refractivity contribution in [3.8, 4) is 0 Å². The molecule has 2 aromatic heterocycles. The number of ether oxygens (including phenoxy) is 1. The Hall–Kier alpha value is -2.42. The first-order chi connectivity index (χ1) is 14.0. The number of H-pyrrole nitrogens is 1. The van der Waals surface area contributed by atoms with Crippen LogP contribution in [0.15, 0.2) is 11.1 Å². The Labute approximate surface area is 170 Å². The molecule has 9 heteroatoms. The van der Waals surface area contributed by atoms with Gasteiger partial charge < -0.3 is 20.1 Å². The van der Waals surface area contributed by atoms with Crippen LogP contribution < -0.4 is 11.3 Å². The molecule has 1 atom stereocenters. The third kappa shape index (κ3) is 7.49. The number of nitrogens with two attached hydrogens (primary N) is 1. The lowest BCUT2D eigenvalue weighted by Crippen LogP contribution is -2.19. The summed E-state index contributed by atoms with van der Waals surface area (Å²) in [4.78, 5) is 34.3. The smallest absolute Gasteiger partial charge is 0.305 e. The molecule has 0 aliphatic rings. The second-order valence-electron chi connectivity index (χ2n) is 7.45. The highest BCUT2D eigenvalue weighted by Gasteiger charge is 2.15. The molecule has 0 aliphatic carbocycles. The van der Waals surface area contributed by atoms with Crippen molar-refractivity contribution in [1.29, 1.82) is 0 Å². The maximum Gasteiger partial charge on any atom is 0.305 e. The number of aliphatic hydroxyl groups excluding tert-OH is 1. The van der Waals surface area contributed by atoms with Gasteiger partial charge in [0.25, 0.3) is 5.56 Å². The van der Waals surface area contributed by atoms with Crippen LogP contribution in [0, 0.1) is 5.92 Å². The van der Waals surface area contributed by atoms with Gasteiger partial charge in [-0.25, -0.2) is 4.98 Å². The molecular formula is C20H33N5O4. The summed E-state index contributed by atoms with van der Waals surface area (Å²) in [7, 11) is 0. The summed E-state index contributed by atoms with van der Waals surface area (Å²) < 4.78 is 6.98. The highest BCUT2D eigenvalue weighted by molar-refractivity contribution is 5.70. The van der Waals surface area contributed by atoms with E-state index in [1.165, 1.54) is 38.4 Å². The normalized spacial score (nSPS) is 12.3. The van der Waals surface area contributed by atoms with Crippen molar-refractivity contribution in [2.75, 3.05) is 18.9 Å². The second kappa shape index (κ2) is 12.2. The zero-order valence-electron chi connectivity index (χ0n) is 17.2. The van der Waals surface area contributed by atoms with Gasteiger partial charge in [-0.15, -0.1) is 0 Å². The quantitative estimate of drug-likeness (QED) is 0.323. The van der Waals surface area contributed by atoms with E-state index in [4.69, 9.17) is 10.5 Å². The molecule has 9 nitrogen and oxygen atoms in total. The van der Waals surface area contributed by atoms with Gasteiger partial charge in [-0.2, -0.15) is 4.98 Å². The molecule has 0 amide bonds. The van der Waals surface area contributed by atoms with Gasteiger partial charge in [-0.05, 0) is 12.8 Å². The number of hydrogen-bond donors (Lipinski definition) is 3. The summed E-state index contributed by atoms with van der Waals surface area (Å²) in [5.74, 6) is -0.325. The molecule has 2 heterocycles. The van der Waals surface area contributed by atoms with Crippen LogP contribution in [0.2, 0.25) is 0 Å². The van der Waals surface area contributed by atoms with Gasteiger partial charge in [0.15, 0.2) is 11.2 Å². The molecule has 0 radical (unpaired) electrons. The topological polar surface area (TPSA) is 136 Å². The first-order valence-electron chi connectivity index (χ1n) is 10.5. The number of rotatable bonds is 14. The lowest BCUT2D eigenvalue weighted by molar-refractivity contribution is -0.144. The summed E-state index contributed by atoms with van der Waals surface area (Å²) in [5, 5.41) is 9.65. The van der Waals surface area contributed by atoms with Crippen molar-refractivity contribution in [3.63, 3.8) is 0 Å². The first-order valence-corrected chi connectivity index (χ1v) is 10.5. The van der Waals surface area contributed by atoms with Crippen molar-refractivity contribution in [1.82, 2.24) is 19.5 Å². The second-order valence-corrected chi connectivity index (χ2v) is 7.45. The van der Waals surface area contributed by atoms with Gasteiger partial charge in [0.2, 0.25) is 5.95 Å². The van der Waals surface area contributed by atoms with Gasteiger partial charge >= 0.3 is 5.97 Å². The van der Waals surface area contributed by atoms with E-state index in [-0.39, 0.29) is 36.6 Å². The molecule has 162 valence electrons. The molecule has 1 unspecified atom stereocenters. The maximum absolute atomic E-state index is 11.9. The van der Waals surface area contributed by atoms with Crippen molar-refractivity contribution in [2.24, 2.45) is 5.92 Å². The number of aliphatic hydroxyl groups is 1. The van der Waals surface area contributed by atoms with E-state index in [2.05, 4.69) is 21.9 Å². The van der Waals surface area contributed by atoms with Gasteiger partial charge in [0.05, 0.1) is 12.9 Å². The van der Waals surface area contributed by atoms with Crippen LogP contribution in [-0.4, -0.2) is 43.8 Å². The SMILES string of the molecule is CCCCCCCCCC(=O)OCCC(CO)Cn1cnc2c(=O)[nH]c(N)nc21. The molecule has 0 aliphatic heterocycles. The molecule has 0 aromatic carbocycles. The summed E-state index contributed by atoms with van der Waals surface area (Å²) in [5.41, 5.74) is 5.78. The van der Waals surface area contributed by atoms with Crippen molar-refractivity contribution in [2.45, 2.75) is 71.3 Å². The molecule has 0 bridgehead atoms. The van der Waals surface area contributed by atoms with Crippen LogP contribution in [0.5, 0.6) is 0 Å². The van der Waals surface area contributed by atoms with E-state index in [0.717, 1.165) is 12.8 Å². The minimum absolute atomic E-state index is 0.0177. The van der Waals surface area contributed by atoms with Gasteiger partial charge in [0.1, 0.15) is 0 Å². The molecule has 0 fully saturated rings. The average molecular weight is 408 g/mol. The number of carbonyl (C=O) groups excluding carboxylic acids is 1. The fraction of sp³-hybridized carbons (Fsp3) is 0.700. The Morgan fingerprint density at radius 3 is 2.72 bits per heavy atom. The van der Waals surface area contributed by atoms with E-state index in [1.54, 1.807) is 4.57 Å². The lowest BCUT2D eigenvalue weighted by Gasteiger charge is -2.15. The first kappa shape index (κ1) is 22.9. The monoisotopic (exact) mass is 407 g/mol. The van der Waals surface area contributed by atoms with E-state index < -0.39 is 5.56 Å². The van der Waals surface area contributed by atoms with Crippen molar-refractivity contribution < 1.29 is 14.6 Å². The lowest BCUT2D eigenvalue weighted by atomic mass is 10.1. The minimum Gasteiger partial charge on any atom is -0.466 e. The number of carbonyl (C=O) groups is 1. The highest BCUT2D eigenvalue weighted by Crippen LogP contribution is 2.13. The fourth-order valence-corrected chi connectivity index (χ4v) is 3.26. The molecular weight excluding hydrogens is 374 g/mol. The average Bonchev–Trinajstić information content (AvgIpc) is 3.09. The Balaban J connectivity index is 1.70. The fourth-order valence-electron chi connectivity index (χ4n) is 3.26. The van der Waals surface area contributed by atoms with Crippen LogP contribution in [0.4, 0.5) is 5.95 Å². The maximum atomic E-state index is 11.9. The van der Waals surface area contributed by atoms with E-state index >= 15 is 0 Å². The Morgan fingerprint density at radius 1 is 1.28 bits per heavy atom. The van der Waals surface area contributed by atoms with E-state index in [1.807, 2.05) is 0 Å². The number of hydrogen-bond acceptors (Lipinski definition) is 7. The zero-order chi connectivity index (χ0) is 21.1. The number of nitrogens with one attached hydrogen (secondary N) is 1. The number of aromatic amines is 1. The van der Waals surface area contributed by atoms with Crippen LogP contribution in [-0.2, 0) is 16.1 Å². The van der Waals surface area contributed by atoms with Crippen molar-refractivity contribution >= 4 is 23.1 Å². The molecule has 0 saturated heterocycles. The van der Waals surface area contributed by atoms with Gasteiger partial charge in [-0.3, -0.25) is 14.6 Å². The predicted molar refractivity (Wildman–Crippen MR) is 111 cm³/mol. The third-order valence-corrected chi connectivity index (χ3v) is 4.98. The zero-order valence-corrected chi connectivity index (χ0v) is 17.2. The van der Waals surface area contributed by atoms with Crippen LogP contribution in [0.1, 0.15) is 64.7 Å². The number of unbranched alkanes of at least 4 members (excludes halogenated alkanes) is 6. The van der Waals surface area contributed by atoms with Gasteiger partial charge in [0, 0.05) is 25.5 Å². The van der Waals surface area contributed by atoms with Crippen LogP contribution >= 0.6 is 0 Å². The molecule has 2 aromatic rings. The number of anilines is 1. The number of fused-ring (bicyclic) bond motifs is 1. The van der Waals surface area contributed by atoms with E-state index in [9.17, 15) is 14.7 Å². The molecule has 4 N–H and O–H groups in total. The number of nitrogens with zero attached hydrogens (tertiary/aromatic N) is 3. The molecule has 0 saturated carbocycles. The summed E-state index contributed by atoms with van der Waals surface area (Å²) in [6.07, 6.45) is 10.6. The van der Waals surface area contributed by atoms with E-state index in [0.29, 0.717) is 25.0 Å². The van der Waals surface area contributed by atoms with Crippen LogP contribution in [0.3, 0.4) is 0 Å². The Bertz CT molecular complexity index is 817. The van der Waals surface area contributed by atoms with Crippen LogP contribution in [0.25, 0.3) is 11.2 Å². The summed E-state index contributed by atoms with van der Waals surface area (Å²) in [6, 6.07) is 0. The number of nitrogen functional groups attached to an aromatic ring is 1. The number of esters is 1. The molecule has 29 heavy (non-hydrogen) atoms. The summed E-state index contributed by atoms with van der Waals surface area (Å²) in [6.45, 7) is 2.78. The standard InChI is InChI=1S/C20H33N5O4/c1-2-3-4-5-6-7-8-9-16(27)29-11-10-15(13-26)12-25-14-22-17-18(25)23-20(21)24-19(17)28/h14-15,26H,2-13H2,1H3,(H3,21,23,24,28). The van der Waals surface area contributed by atoms with Crippen molar-refractivity contribution in [3.05, 3.63) is 16.7 Å². The summed E-state index contributed by atoms with van der Waals surface area (Å²) >= 11 is 0. The third-order valence-electron chi connectivity index (χ3n) is 4.98. The molecule has 2 rings (SSSR count). The Morgan fingerprint density at radius 2 is 2.00 bits per heavy atom. The minimum atomic E-state index is -0.397. The predicted octanol–water partition coefficient (Wildman–Crippen LogP) is 2.38. The highest BCUT2D eigenvalue weighted by atomic mass is 16.5. The number of imidazole rings is 1. The largest absolute Gasteiger partial charge is 0.466 e. The molecule has 0 spiro atoms. The number of aromatic nitrogens is 4.